The Morgan fingerprint density at radius 2 is 1.50 bits per heavy atom. The molecule has 2 aromatic rings. The predicted octanol–water partition coefficient (Wildman–Crippen LogP) is 4.51. The first kappa shape index (κ1) is 19.7. The third-order valence-corrected chi connectivity index (χ3v) is 3.71. The maximum absolute atomic E-state index is 13.1. The number of hydrogen-bond donors (Lipinski definition) is 3. The molecule has 0 aromatic heterocycles. The smallest absolute Gasteiger partial charge is 0.243 e. The van der Waals surface area contributed by atoms with E-state index in [1.165, 1.54) is 18.2 Å². The van der Waals surface area contributed by atoms with Gasteiger partial charge in [0.2, 0.25) is 11.8 Å². The SMILES string of the molecule is CC(C)CC(=O)Nc1ccc(NC(=O)CNc2ccc(F)c(Cl)c2)cc1. The van der Waals surface area contributed by atoms with Crippen molar-refractivity contribution in [3.8, 4) is 0 Å². The van der Waals surface area contributed by atoms with Crippen molar-refractivity contribution in [3.05, 3.63) is 53.3 Å². The van der Waals surface area contributed by atoms with Gasteiger partial charge in [0, 0.05) is 23.5 Å². The van der Waals surface area contributed by atoms with Gasteiger partial charge in [-0.05, 0) is 48.4 Å². The van der Waals surface area contributed by atoms with E-state index in [0.29, 0.717) is 23.5 Å². The lowest BCUT2D eigenvalue weighted by atomic mass is 10.1. The highest BCUT2D eigenvalue weighted by atomic mass is 35.5. The Morgan fingerprint density at radius 1 is 0.962 bits per heavy atom. The summed E-state index contributed by atoms with van der Waals surface area (Å²) in [5.41, 5.74) is 1.83. The molecular weight excluding hydrogens is 357 g/mol. The lowest BCUT2D eigenvalue weighted by Gasteiger charge is -2.10. The second-order valence-electron chi connectivity index (χ2n) is 6.25. The van der Waals surface area contributed by atoms with Crippen LogP contribution in [0.2, 0.25) is 5.02 Å². The number of carbonyl (C=O) groups excluding carboxylic acids is 2. The monoisotopic (exact) mass is 377 g/mol. The van der Waals surface area contributed by atoms with Crippen molar-refractivity contribution in [2.75, 3.05) is 22.5 Å². The second kappa shape index (κ2) is 9.20. The van der Waals surface area contributed by atoms with Crippen LogP contribution in [0.25, 0.3) is 0 Å². The second-order valence-corrected chi connectivity index (χ2v) is 6.66. The maximum atomic E-state index is 13.1. The van der Waals surface area contributed by atoms with Crippen molar-refractivity contribution >= 4 is 40.5 Å². The van der Waals surface area contributed by atoms with E-state index in [4.69, 9.17) is 11.6 Å². The normalized spacial score (nSPS) is 10.5. The van der Waals surface area contributed by atoms with Crippen LogP contribution in [-0.4, -0.2) is 18.4 Å². The van der Waals surface area contributed by atoms with Gasteiger partial charge in [-0.3, -0.25) is 9.59 Å². The molecule has 0 unspecified atom stereocenters. The molecule has 0 fully saturated rings. The molecule has 0 spiro atoms. The molecule has 0 bridgehead atoms. The van der Waals surface area contributed by atoms with Crippen molar-refractivity contribution in [1.82, 2.24) is 0 Å². The van der Waals surface area contributed by atoms with Crippen LogP contribution < -0.4 is 16.0 Å². The van der Waals surface area contributed by atoms with Gasteiger partial charge in [0.05, 0.1) is 11.6 Å². The molecule has 0 aliphatic rings. The van der Waals surface area contributed by atoms with Crippen LogP contribution in [0.4, 0.5) is 21.5 Å². The third kappa shape index (κ3) is 6.37. The fraction of sp³-hybridized carbons (Fsp3) is 0.263. The standard InChI is InChI=1S/C19H21ClFN3O2/c1-12(2)9-18(25)23-13-3-5-14(6-4-13)24-19(26)11-22-15-7-8-17(21)16(20)10-15/h3-8,10,12,22H,9,11H2,1-2H3,(H,23,25)(H,24,26). The summed E-state index contributed by atoms with van der Waals surface area (Å²) in [4.78, 5) is 23.7. The van der Waals surface area contributed by atoms with Crippen molar-refractivity contribution < 1.29 is 14.0 Å². The van der Waals surface area contributed by atoms with Crippen LogP contribution in [0.15, 0.2) is 42.5 Å². The number of amides is 2. The Balaban J connectivity index is 1.83. The summed E-state index contributed by atoms with van der Waals surface area (Å²) in [7, 11) is 0. The molecule has 3 N–H and O–H groups in total. The third-order valence-electron chi connectivity index (χ3n) is 3.42. The average molecular weight is 378 g/mol. The summed E-state index contributed by atoms with van der Waals surface area (Å²) in [6.07, 6.45) is 0.456. The zero-order valence-electron chi connectivity index (χ0n) is 14.6. The summed E-state index contributed by atoms with van der Waals surface area (Å²) in [5, 5.41) is 8.39. The fourth-order valence-electron chi connectivity index (χ4n) is 2.21. The van der Waals surface area contributed by atoms with E-state index in [-0.39, 0.29) is 29.3 Å². The Hall–Kier alpha value is -2.60. The molecule has 7 heteroatoms. The number of rotatable bonds is 7. The number of carbonyl (C=O) groups is 2. The minimum absolute atomic E-state index is 0.00877. The van der Waals surface area contributed by atoms with E-state index in [1.807, 2.05) is 13.8 Å². The topological polar surface area (TPSA) is 70.2 Å². The Labute approximate surface area is 156 Å². The van der Waals surface area contributed by atoms with Crippen molar-refractivity contribution in [2.24, 2.45) is 5.92 Å². The van der Waals surface area contributed by atoms with E-state index in [1.54, 1.807) is 24.3 Å². The Bertz CT molecular complexity index is 779. The van der Waals surface area contributed by atoms with Crippen LogP contribution >= 0.6 is 11.6 Å². The molecule has 0 aliphatic heterocycles. The zero-order chi connectivity index (χ0) is 19.1. The van der Waals surface area contributed by atoms with E-state index >= 15 is 0 Å². The summed E-state index contributed by atoms with van der Waals surface area (Å²) in [6, 6.07) is 11.0. The summed E-state index contributed by atoms with van der Waals surface area (Å²) in [6.45, 7) is 3.97. The van der Waals surface area contributed by atoms with E-state index in [0.717, 1.165) is 0 Å². The summed E-state index contributed by atoms with van der Waals surface area (Å²) >= 11 is 5.69. The van der Waals surface area contributed by atoms with Gasteiger partial charge in [-0.25, -0.2) is 4.39 Å². The average Bonchev–Trinajstić information content (AvgIpc) is 2.57. The largest absolute Gasteiger partial charge is 0.376 e. The van der Waals surface area contributed by atoms with Gasteiger partial charge in [0.1, 0.15) is 5.82 Å². The van der Waals surface area contributed by atoms with Gasteiger partial charge in [-0.2, -0.15) is 0 Å². The summed E-state index contributed by atoms with van der Waals surface area (Å²) in [5.74, 6) is -0.528. The number of benzene rings is 2. The number of nitrogens with one attached hydrogen (secondary N) is 3. The first-order valence-electron chi connectivity index (χ1n) is 8.22. The Morgan fingerprint density at radius 3 is 2.04 bits per heavy atom. The molecule has 0 saturated carbocycles. The van der Waals surface area contributed by atoms with Crippen LogP contribution in [0, 0.1) is 11.7 Å². The van der Waals surface area contributed by atoms with Crippen LogP contribution in [-0.2, 0) is 9.59 Å². The Kier molecular flexibility index (Phi) is 6.97. The minimum Gasteiger partial charge on any atom is -0.376 e. The van der Waals surface area contributed by atoms with E-state index in [2.05, 4.69) is 16.0 Å². The highest BCUT2D eigenvalue weighted by Gasteiger charge is 2.07. The molecule has 2 amide bonds. The molecule has 0 heterocycles. The molecule has 26 heavy (non-hydrogen) atoms. The molecule has 0 aliphatic carbocycles. The van der Waals surface area contributed by atoms with Crippen LogP contribution in [0.1, 0.15) is 20.3 Å². The van der Waals surface area contributed by atoms with Crippen LogP contribution in [0.3, 0.4) is 0 Å². The van der Waals surface area contributed by atoms with Gasteiger partial charge >= 0.3 is 0 Å². The first-order chi connectivity index (χ1) is 12.3. The van der Waals surface area contributed by atoms with Crippen molar-refractivity contribution in [2.45, 2.75) is 20.3 Å². The predicted molar refractivity (Wildman–Crippen MR) is 103 cm³/mol. The lowest BCUT2D eigenvalue weighted by Crippen LogP contribution is -2.21. The lowest BCUT2D eigenvalue weighted by molar-refractivity contribution is -0.117. The molecule has 0 radical (unpaired) electrons. The van der Waals surface area contributed by atoms with E-state index < -0.39 is 5.82 Å². The van der Waals surface area contributed by atoms with Gasteiger partial charge in [0.15, 0.2) is 0 Å². The molecule has 0 saturated heterocycles. The molecule has 5 nitrogen and oxygen atoms in total. The molecule has 2 rings (SSSR count). The number of hydrogen-bond acceptors (Lipinski definition) is 3. The number of anilines is 3. The maximum Gasteiger partial charge on any atom is 0.243 e. The fourth-order valence-corrected chi connectivity index (χ4v) is 2.39. The quantitative estimate of drug-likeness (QED) is 0.664. The zero-order valence-corrected chi connectivity index (χ0v) is 15.4. The minimum atomic E-state index is -0.512. The highest BCUT2D eigenvalue weighted by Crippen LogP contribution is 2.19. The molecular formula is C19H21ClFN3O2. The first-order valence-corrected chi connectivity index (χ1v) is 8.60. The molecule has 2 aromatic carbocycles. The van der Waals surface area contributed by atoms with Gasteiger partial charge in [0.25, 0.3) is 0 Å². The number of halogens is 2. The summed E-state index contributed by atoms with van der Waals surface area (Å²) < 4.78 is 13.1. The van der Waals surface area contributed by atoms with Gasteiger partial charge in [-0.15, -0.1) is 0 Å². The molecule has 138 valence electrons. The van der Waals surface area contributed by atoms with Crippen molar-refractivity contribution in [1.29, 1.82) is 0 Å². The van der Waals surface area contributed by atoms with Gasteiger partial charge < -0.3 is 16.0 Å². The van der Waals surface area contributed by atoms with Gasteiger partial charge in [-0.1, -0.05) is 25.4 Å². The van der Waals surface area contributed by atoms with E-state index in [9.17, 15) is 14.0 Å². The van der Waals surface area contributed by atoms with Crippen molar-refractivity contribution in [3.63, 3.8) is 0 Å². The molecule has 0 atom stereocenters. The highest BCUT2D eigenvalue weighted by molar-refractivity contribution is 6.31. The van der Waals surface area contributed by atoms with Crippen LogP contribution in [0.5, 0.6) is 0 Å².